The minimum atomic E-state index is -3.28. The number of carboxylic acid groups (broad SMARTS) is 1. The number of fused-ring (bicyclic) bond motifs is 1. The Morgan fingerprint density at radius 1 is 1.40 bits per heavy atom. The highest BCUT2D eigenvalue weighted by molar-refractivity contribution is 7.89. The lowest BCUT2D eigenvalue weighted by atomic mass is 10.2. The van der Waals surface area contributed by atoms with E-state index in [1.54, 1.807) is 6.07 Å². The lowest BCUT2D eigenvalue weighted by molar-refractivity contribution is 0.0697. The minimum absolute atomic E-state index is 0.0500. The molecule has 0 aliphatic heterocycles. The zero-order valence-corrected chi connectivity index (χ0v) is 11.9. The first-order chi connectivity index (χ1) is 9.29. The fourth-order valence-corrected chi connectivity index (χ4v) is 2.54. The molecule has 0 radical (unpaired) electrons. The Labute approximate surface area is 116 Å². The van der Waals surface area contributed by atoms with E-state index in [4.69, 9.17) is 5.11 Å². The lowest BCUT2D eigenvalue weighted by Gasteiger charge is -2.09. The summed E-state index contributed by atoms with van der Waals surface area (Å²) >= 11 is 0. The van der Waals surface area contributed by atoms with E-state index in [0.717, 1.165) is 4.31 Å². The molecular weight excluding hydrogens is 282 g/mol. The van der Waals surface area contributed by atoms with Gasteiger partial charge in [0, 0.05) is 20.5 Å². The van der Waals surface area contributed by atoms with Gasteiger partial charge in [0.25, 0.3) is 0 Å². The van der Waals surface area contributed by atoms with Crippen molar-refractivity contribution >= 4 is 27.0 Å². The molecule has 0 amide bonds. The van der Waals surface area contributed by atoms with Crippen molar-refractivity contribution in [1.82, 2.24) is 14.3 Å². The van der Waals surface area contributed by atoms with Crippen LogP contribution in [-0.4, -0.2) is 53.6 Å². The van der Waals surface area contributed by atoms with Crippen molar-refractivity contribution < 1.29 is 18.3 Å². The molecule has 0 aliphatic carbocycles. The first-order valence-corrected chi connectivity index (χ1v) is 7.52. The SMILES string of the molecule is CN(C)S(=O)(=O)CCc1nc2ccc(C(=O)O)cc2[nH]1. The van der Waals surface area contributed by atoms with Crippen molar-refractivity contribution in [3.05, 3.63) is 29.6 Å². The molecule has 108 valence electrons. The van der Waals surface area contributed by atoms with E-state index in [0.29, 0.717) is 16.9 Å². The Morgan fingerprint density at radius 3 is 2.70 bits per heavy atom. The maximum Gasteiger partial charge on any atom is 0.335 e. The Bertz CT molecular complexity index is 749. The van der Waals surface area contributed by atoms with Crippen LogP contribution in [0.15, 0.2) is 18.2 Å². The van der Waals surface area contributed by atoms with Gasteiger partial charge in [0.2, 0.25) is 10.0 Å². The van der Waals surface area contributed by atoms with Crippen LogP contribution in [0.1, 0.15) is 16.2 Å². The average molecular weight is 297 g/mol. The number of aromatic nitrogens is 2. The van der Waals surface area contributed by atoms with Gasteiger partial charge in [-0.25, -0.2) is 22.5 Å². The second-order valence-corrected chi connectivity index (χ2v) is 6.87. The molecule has 2 aromatic rings. The van der Waals surface area contributed by atoms with Crippen LogP contribution in [0.3, 0.4) is 0 Å². The van der Waals surface area contributed by atoms with Crippen LogP contribution in [0.5, 0.6) is 0 Å². The third-order valence-electron chi connectivity index (χ3n) is 2.93. The van der Waals surface area contributed by atoms with Gasteiger partial charge in [-0.15, -0.1) is 0 Å². The molecule has 0 saturated heterocycles. The zero-order valence-electron chi connectivity index (χ0n) is 11.1. The molecule has 8 heteroatoms. The van der Waals surface area contributed by atoms with Crippen molar-refractivity contribution in [3.8, 4) is 0 Å². The van der Waals surface area contributed by atoms with Gasteiger partial charge in [-0.2, -0.15) is 0 Å². The van der Waals surface area contributed by atoms with Crippen molar-refractivity contribution in [2.24, 2.45) is 0 Å². The number of aromatic carboxylic acids is 1. The summed E-state index contributed by atoms with van der Waals surface area (Å²) in [7, 11) is -0.318. The number of nitrogens with one attached hydrogen (secondary N) is 1. The molecule has 1 aromatic heterocycles. The number of carboxylic acids is 1. The molecule has 2 rings (SSSR count). The molecule has 1 aromatic carbocycles. The van der Waals surface area contributed by atoms with Gasteiger partial charge in [-0.3, -0.25) is 0 Å². The molecule has 0 spiro atoms. The minimum Gasteiger partial charge on any atom is -0.478 e. The van der Waals surface area contributed by atoms with Crippen LogP contribution in [0.4, 0.5) is 0 Å². The molecule has 2 N–H and O–H groups in total. The Kier molecular flexibility index (Phi) is 3.78. The standard InChI is InChI=1S/C12H15N3O4S/c1-15(2)20(18,19)6-5-11-13-9-4-3-8(12(16)17)7-10(9)14-11/h3-4,7H,5-6H2,1-2H3,(H,13,14)(H,16,17). The number of hydrogen-bond acceptors (Lipinski definition) is 4. The molecule has 0 saturated carbocycles. The molecule has 0 atom stereocenters. The van der Waals surface area contributed by atoms with Crippen LogP contribution < -0.4 is 0 Å². The molecule has 0 unspecified atom stereocenters. The highest BCUT2D eigenvalue weighted by Gasteiger charge is 2.15. The number of H-pyrrole nitrogens is 1. The van der Waals surface area contributed by atoms with Gasteiger partial charge in [0.1, 0.15) is 5.82 Å². The normalized spacial score (nSPS) is 12.2. The number of aryl methyl sites for hydroxylation is 1. The monoisotopic (exact) mass is 297 g/mol. The topological polar surface area (TPSA) is 103 Å². The summed E-state index contributed by atoms with van der Waals surface area (Å²) in [5, 5.41) is 8.90. The molecule has 0 fully saturated rings. The van der Waals surface area contributed by atoms with Gasteiger partial charge in [-0.05, 0) is 18.2 Å². The Balaban J connectivity index is 2.22. The lowest BCUT2D eigenvalue weighted by Crippen LogP contribution is -2.26. The van der Waals surface area contributed by atoms with Crippen LogP contribution in [0.25, 0.3) is 11.0 Å². The van der Waals surface area contributed by atoms with Gasteiger partial charge in [0.05, 0.1) is 22.3 Å². The molecule has 0 bridgehead atoms. The van der Waals surface area contributed by atoms with Crippen molar-refractivity contribution in [3.63, 3.8) is 0 Å². The molecule has 1 heterocycles. The fourth-order valence-electron chi connectivity index (χ4n) is 1.72. The van der Waals surface area contributed by atoms with E-state index in [2.05, 4.69) is 9.97 Å². The van der Waals surface area contributed by atoms with Gasteiger partial charge in [-0.1, -0.05) is 0 Å². The predicted octanol–water partition coefficient (Wildman–Crippen LogP) is 0.695. The number of hydrogen-bond donors (Lipinski definition) is 2. The first-order valence-electron chi connectivity index (χ1n) is 5.92. The van der Waals surface area contributed by atoms with Crippen molar-refractivity contribution in [2.75, 3.05) is 19.8 Å². The summed E-state index contributed by atoms with van der Waals surface area (Å²) in [5.74, 6) is -0.544. The van der Waals surface area contributed by atoms with Crippen LogP contribution in [0, 0.1) is 0 Å². The largest absolute Gasteiger partial charge is 0.478 e. The third kappa shape index (κ3) is 2.97. The van der Waals surface area contributed by atoms with E-state index in [9.17, 15) is 13.2 Å². The van der Waals surface area contributed by atoms with Gasteiger partial charge >= 0.3 is 5.97 Å². The molecule has 0 aliphatic rings. The number of carbonyl (C=O) groups is 1. The summed E-state index contributed by atoms with van der Waals surface area (Å²) < 4.78 is 24.5. The third-order valence-corrected chi connectivity index (χ3v) is 4.76. The zero-order chi connectivity index (χ0) is 14.9. The van der Waals surface area contributed by atoms with Gasteiger partial charge < -0.3 is 10.1 Å². The first kappa shape index (κ1) is 14.5. The second kappa shape index (κ2) is 5.22. The van der Waals surface area contributed by atoms with E-state index in [1.807, 2.05) is 0 Å². The Morgan fingerprint density at radius 2 is 2.10 bits per heavy atom. The number of nitrogens with zero attached hydrogens (tertiary/aromatic N) is 2. The van der Waals surface area contributed by atoms with E-state index in [1.165, 1.54) is 26.2 Å². The van der Waals surface area contributed by atoms with E-state index >= 15 is 0 Å². The van der Waals surface area contributed by atoms with Crippen molar-refractivity contribution in [1.29, 1.82) is 0 Å². The van der Waals surface area contributed by atoms with E-state index in [-0.39, 0.29) is 17.7 Å². The highest BCUT2D eigenvalue weighted by Crippen LogP contribution is 2.14. The summed E-state index contributed by atoms with van der Waals surface area (Å²) in [6, 6.07) is 4.54. The van der Waals surface area contributed by atoms with Crippen LogP contribution in [-0.2, 0) is 16.4 Å². The molecule has 7 nitrogen and oxygen atoms in total. The number of benzene rings is 1. The predicted molar refractivity (Wildman–Crippen MR) is 74.2 cm³/mol. The second-order valence-electron chi connectivity index (χ2n) is 4.57. The maximum atomic E-state index is 11.7. The number of rotatable bonds is 5. The number of aromatic amines is 1. The smallest absolute Gasteiger partial charge is 0.335 e. The quantitative estimate of drug-likeness (QED) is 0.845. The molecule has 20 heavy (non-hydrogen) atoms. The number of sulfonamides is 1. The highest BCUT2D eigenvalue weighted by atomic mass is 32.2. The van der Waals surface area contributed by atoms with E-state index < -0.39 is 16.0 Å². The Hall–Kier alpha value is -1.93. The average Bonchev–Trinajstić information content (AvgIpc) is 2.77. The fraction of sp³-hybridized carbons (Fsp3) is 0.333. The summed E-state index contributed by atoms with van der Waals surface area (Å²) in [6.07, 6.45) is 0.248. The van der Waals surface area contributed by atoms with Crippen LogP contribution in [0.2, 0.25) is 0 Å². The summed E-state index contributed by atoms with van der Waals surface area (Å²) in [5.41, 5.74) is 1.36. The number of imidazole rings is 1. The van der Waals surface area contributed by atoms with Crippen LogP contribution >= 0.6 is 0 Å². The summed E-state index contributed by atoms with van der Waals surface area (Å²) in [6.45, 7) is 0. The summed E-state index contributed by atoms with van der Waals surface area (Å²) in [4.78, 5) is 18.1. The van der Waals surface area contributed by atoms with Gasteiger partial charge in [0.15, 0.2) is 0 Å². The maximum absolute atomic E-state index is 11.7. The molecular formula is C12H15N3O4S. The van der Waals surface area contributed by atoms with Crippen molar-refractivity contribution in [2.45, 2.75) is 6.42 Å².